The van der Waals surface area contributed by atoms with Gasteiger partial charge in [0.2, 0.25) is 0 Å². The van der Waals surface area contributed by atoms with Gasteiger partial charge in [-0.1, -0.05) is 0 Å². The van der Waals surface area contributed by atoms with Crippen LogP contribution in [-0.2, 0) is 11.2 Å². The number of fused-ring (bicyclic) bond motifs is 1. The first-order valence-corrected chi connectivity index (χ1v) is 6.86. The zero-order chi connectivity index (χ0) is 13.2. The second kappa shape index (κ2) is 5.02. The lowest BCUT2D eigenvalue weighted by atomic mass is 10.2. The van der Waals surface area contributed by atoms with E-state index in [0.29, 0.717) is 12.4 Å². The number of hydrogen-bond acceptors (Lipinski definition) is 6. The summed E-state index contributed by atoms with van der Waals surface area (Å²) in [6.07, 6.45) is 5.53. The third-order valence-corrected chi connectivity index (χ3v) is 4.07. The van der Waals surface area contributed by atoms with Crippen LogP contribution in [0.25, 0.3) is 0 Å². The standard InChI is InChI=1S/C12H13N5OS/c1-13-10-11-8(16-7-19-11)2-5-17(12(10)18)9-6-14-3-4-15-9/h3-4,6-7,10,13H,2,5H2,1H3. The van der Waals surface area contributed by atoms with Gasteiger partial charge in [-0.15, -0.1) is 11.3 Å². The van der Waals surface area contributed by atoms with Crippen LogP contribution in [0.4, 0.5) is 5.82 Å². The fourth-order valence-electron chi connectivity index (χ4n) is 2.21. The van der Waals surface area contributed by atoms with Crippen LogP contribution in [0.5, 0.6) is 0 Å². The molecule has 98 valence electrons. The Labute approximate surface area is 114 Å². The van der Waals surface area contributed by atoms with E-state index >= 15 is 0 Å². The van der Waals surface area contributed by atoms with Gasteiger partial charge in [0.05, 0.1) is 22.3 Å². The Bertz CT molecular complexity index is 585. The predicted molar refractivity (Wildman–Crippen MR) is 72.0 cm³/mol. The van der Waals surface area contributed by atoms with Gasteiger partial charge in [0, 0.05) is 25.4 Å². The van der Waals surface area contributed by atoms with E-state index in [1.54, 1.807) is 36.0 Å². The molecule has 0 bridgehead atoms. The van der Waals surface area contributed by atoms with Crippen molar-refractivity contribution in [3.63, 3.8) is 0 Å². The molecule has 0 radical (unpaired) electrons. The molecule has 2 aromatic rings. The van der Waals surface area contributed by atoms with Gasteiger partial charge in [0.25, 0.3) is 5.91 Å². The van der Waals surface area contributed by atoms with E-state index in [-0.39, 0.29) is 11.9 Å². The molecule has 3 heterocycles. The number of likely N-dealkylation sites (N-methyl/N-ethyl adjacent to an activating group) is 1. The summed E-state index contributed by atoms with van der Waals surface area (Å²) in [5.74, 6) is 0.578. The topological polar surface area (TPSA) is 71.0 Å². The minimum atomic E-state index is -0.355. The highest BCUT2D eigenvalue weighted by Crippen LogP contribution is 2.29. The quantitative estimate of drug-likeness (QED) is 0.877. The number of amides is 1. The minimum absolute atomic E-state index is 0.00833. The number of hydrogen-bond donors (Lipinski definition) is 1. The number of nitrogens with zero attached hydrogens (tertiary/aromatic N) is 4. The van der Waals surface area contributed by atoms with Crippen molar-refractivity contribution < 1.29 is 4.79 Å². The van der Waals surface area contributed by atoms with Gasteiger partial charge in [-0.25, -0.2) is 9.97 Å². The van der Waals surface area contributed by atoms with Crippen molar-refractivity contribution in [2.24, 2.45) is 0 Å². The highest BCUT2D eigenvalue weighted by atomic mass is 32.1. The Morgan fingerprint density at radius 2 is 2.32 bits per heavy atom. The summed E-state index contributed by atoms with van der Waals surface area (Å²) < 4.78 is 0. The molecule has 1 amide bonds. The molecule has 0 aromatic carbocycles. The van der Waals surface area contributed by atoms with Crippen molar-refractivity contribution in [2.45, 2.75) is 12.5 Å². The van der Waals surface area contributed by atoms with Gasteiger partial charge in [0.15, 0.2) is 5.82 Å². The molecule has 1 atom stereocenters. The van der Waals surface area contributed by atoms with Crippen molar-refractivity contribution in [2.75, 3.05) is 18.5 Å². The van der Waals surface area contributed by atoms with Crippen LogP contribution in [0.2, 0.25) is 0 Å². The van der Waals surface area contributed by atoms with E-state index in [1.807, 2.05) is 0 Å². The van der Waals surface area contributed by atoms with E-state index in [2.05, 4.69) is 20.3 Å². The van der Waals surface area contributed by atoms with Crippen molar-refractivity contribution in [1.29, 1.82) is 0 Å². The van der Waals surface area contributed by atoms with Crippen molar-refractivity contribution in [1.82, 2.24) is 20.3 Å². The monoisotopic (exact) mass is 275 g/mol. The van der Waals surface area contributed by atoms with Crippen LogP contribution in [0.1, 0.15) is 16.6 Å². The zero-order valence-electron chi connectivity index (χ0n) is 10.4. The Morgan fingerprint density at radius 1 is 1.42 bits per heavy atom. The Kier molecular flexibility index (Phi) is 3.22. The maximum absolute atomic E-state index is 12.6. The molecule has 0 saturated carbocycles. The maximum atomic E-state index is 12.6. The van der Waals surface area contributed by atoms with E-state index in [1.165, 1.54) is 11.3 Å². The van der Waals surface area contributed by atoms with Gasteiger partial charge >= 0.3 is 0 Å². The third kappa shape index (κ3) is 2.11. The Hall–Kier alpha value is -1.86. The summed E-state index contributed by atoms with van der Waals surface area (Å²) in [7, 11) is 1.78. The average Bonchev–Trinajstić information content (AvgIpc) is 2.85. The number of nitrogens with one attached hydrogen (secondary N) is 1. The third-order valence-electron chi connectivity index (χ3n) is 3.13. The number of aromatic nitrogens is 3. The SMILES string of the molecule is CNC1C(=O)N(c2cnccn2)CCc2ncsc21. The lowest BCUT2D eigenvalue weighted by Gasteiger charge is -2.22. The summed E-state index contributed by atoms with van der Waals surface area (Å²) in [5, 5.41) is 3.07. The first-order valence-electron chi connectivity index (χ1n) is 5.98. The van der Waals surface area contributed by atoms with E-state index in [4.69, 9.17) is 0 Å². The van der Waals surface area contributed by atoms with Gasteiger partial charge < -0.3 is 5.32 Å². The molecule has 0 saturated heterocycles. The lowest BCUT2D eigenvalue weighted by Crippen LogP contribution is -2.39. The van der Waals surface area contributed by atoms with Gasteiger partial charge in [-0.05, 0) is 7.05 Å². The second-order valence-electron chi connectivity index (χ2n) is 4.19. The summed E-state index contributed by atoms with van der Waals surface area (Å²) in [5.41, 5.74) is 2.78. The Morgan fingerprint density at radius 3 is 3.05 bits per heavy atom. The van der Waals surface area contributed by atoms with Crippen molar-refractivity contribution >= 4 is 23.1 Å². The first kappa shape index (κ1) is 12.2. The van der Waals surface area contributed by atoms with E-state index in [0.717, 1.165) is 17.0 Å². The predicted octanol–water partition coefficient (Wildman–Crippen LogP) is 0.783. The normalized spacial score (nSPS) is 19.1. The molecule has 1 aliphatic heterocycles. The molecule has 1 aliphatic rings. The van der Waals surface area contributed by atoms with E-state index < -0.39 is 0 Å². The van der Waals surface area contributed by atoms with Gasteiger partial charge in [0.1, 0.15) is 6.04 Å². The van der Waals surface area contributed by atoms with Gasteiger partial charge in [-0.2, -0.15) is 0 Å². The molecule has 3 rings (SSSR count). The number of rotatable bonds is 2. The molecule has 0 spiro atoms. The van der Waals surface area contributed by atoms with Crippen LogP contribution in [-0.4, -0.2) is 34.5 Å². The lowest BCUT2D eigenvalue weighted by molar-refractivity contribution is -0.120. The molecule has 0 aliphatic carbocycles. The van der Waals surface area contributed by atoms with Crippen molar-refractivity contribution in [3.8, 4) is 0 Å². The second-order valence-corrected chi connectivity index (χ2v) is 5.07. The summed E-state index contributed by atoms with van der Waals surface area (Å²) in [6.45, 7) is 0.576. The van der Waals surface area contributed by atoms with Crippen LogP contribution in [0, 0.1) is 0 Å². The smallest absolute Gasteiger partial charge is 0.250 e. The number of anilines is 1. The molecule has 19 heavy (non-hydrogen) atoms. The van der Waals surface area contributed by atoms with Gasteiger partial charge in [-0.3, -0.25) is 14.7 Å². The first-order chi connectivity index (χ1) is 9.31. The summed E-state index contributed by atoms with van der Waals surface area (Å²) in [4.78, 5) is 27.9. The van der Waals surface area contributed by atoms with Crippen LogP contribution < -0.4 is 10.2 Å². The minimum Gasteiger partial charge on any atom is -0.305 e. The number of thiazole rings is 1. The van der Waals surface area contributed by atoms with Crippen LogP contribution >= 0.6 is 11.3 Å². The largest absolute Gasteiger partial charge is 0.305 e. The zero-order valence-corrected chi connectivity index (χ0v) is 11.2. The molecule has 7 heteroatoms. The number of carbonyl (C=O) groups is 1. The highest BCUT2D eigenvalue weighted by molar-refractivity contribution is 7.10. The van der Waals surface area contributed by atoms with Crippen molar-refractivity contribution in [3.05, 3.63) is 34.7 Å². The molecule has 1 N–H and O–H groups in total. The van der Waals surface area contributed by atoms with E-state index in [9.17, 15) is 4.79 Å². The van der Waals surface area contributed by atoms with Crippen LogP contribution in [0.3, 0.4) is 0 Å². The number of carbonyl (C=O) groups excluding carboxylic acids is 1. The fraction of sp³-hybridized carbons (Fsp3) is 0.333. The highest BCUT2D eigenvalue weighted by Gasteiger charge is 2.32. The molecular weight excluding hydrogens is 262 g/mol. The molecule has 2 aromatic heterocycles. The summed E-state index contributed by atoms with van der Waals surface area (Å²) >= 11 is 1.52. The van der Waals surface area contributed by atoms with Crippen LogP contribution in [0.15, 0.2) is 24.1 Å². The average molecular weight is 275 g/mol. The fourth-order valence-corrected chi connectivity index (χ4v) is 3.15. The molecule has 6 nitrogen and oxygen atoms in total. The molecular formula is C12H13N5OS. The maximum Gasteiger partial charge on any atom is 0.250 e. The molecule has 0 fully saturated rings. The summed E-state index contributed by atoms with van der Waals surface area (Å²) in [6, 6.07) is -0.355. The molecule has 1 unspecified atom stereocenters. The Balaban J connectivity index is 1.99.